The maximum atomic E-state index is 13.6. The van der Waals surface area contributed by atoms with Gasteiger partial charge in [0.2, 0.25) is 11.8 Å². The number of methoxy groups -OCH3 is 1. The minimum absolute atomic E-state index is 0.00662. The second-order valence-corrected chi connectivity index (χ2v) is 11.4. The molecular formula is C26H31N3O8S. The summed E-state index contributed by atoms with van der Waals surface area (Å²) in [6, 6.07) is 7.48. The maximum absolute atomic E-state index is 13.6. The molecule has 12 heteroatoms. The van der Waals surface area contributed by atoms with Gasteiger partial charge in [0.05, 0.1) is 23.5 Å². The predicted octanol–water partition coefficient (Wildman–Crippen LogP) is 1.67. The number of ether oxygens (including phenoxy) is 1. The van der Waals surface area contributed by atoms with Crippen molar-refractivity contribution in [1.82, 2.24) is 14.9 Å². The zero-order valence-corrected chi connectivity index (χ0v) is 21.8. The molecule has 0 bridgehead atoms. The van der Waals surface area contributed by atoms with Gasteiger partial charge in [-0.25, -0.2) is 12.7 Å². The number of carbonyl (C=O) groups excluding carboxylic acids is 3. The molecule has 1 atom stereocenters. The van der Waals surface area contributed by atoms with Crippen molar-refractivity contribution in [1.29, 1.82) is 0 Å². The van der Waals surface area contributed by atoms with Crippen LogP contribution < -0.4 is 15.4 Å². The topological polar surface area (TPSA) is 162 Å². The number of amides is 3. The number of phenolic OH excluding ortho intramolecular Hbond substituents is 2. The minimum atomic E-state index is -4.57. The molecule has 1 aliphatic heterocycles. The second-order valence-electron chi connectivity index (χ2n) is 9.54. The van der Waals surface area contributed by atoms with E-state index in [4.69, 9.17) is 4.74 Å². The SMILES string of the molecule is COc1ccc(O)cc1CC1CNC(=O)CN(S(=O)(=O)c2ccc(O)c(C(=O)NC3CCCCC3)c2)C1=O. The van der Waals surface area contributed by atoms with E-state index in [1.54, 1.807) is 0 Å². The van der Waals surface area contributed by atoms with Crippen LogP contribution in [-0.4, -0.2) is 66.9 Å². The lowest BCUT2D eigenvalue weighted by Gasteiger charge is -2.24. The molecule has 2 aromatic carbocycles. The van der Waals surface area contributed by atoms with Gasteiger partial charge in [0.1, 0.15) is 23.8 Å². The van der Waals surface area contributed by atoms with Gasteiger partial charge < -0.3 is 25.6 Å². The molecule has 3 amide bonds. The molecule has 2 aromatic rings. The van der Waals surface area contributed by atoms with E-state index in [-0.39, 0.29) is 30.3 Å². The van der Waals surface area contributed by atoms with E-state index in [9.17, 15) is 33.0 Å². The summed E-state index contributed by atoms with van der Waals surface area (Å²) in [5.74, 6) is -3.13. The van der Waals surface area contributed by atoms with Crippen LogP contribution >= 0.6 is 0 Å². The standard InChI is InChI=1S/C26H31N3O8S/c1-37-23-10-7-19(30)12-16(23)11-17-14-27-24(32)15-29(26(17)34)38(35,36)20-8-9-22(31)21(13-20)25(33)28-18-5-3-2-4-6-18/h7-10,12-13,17-18,30-31H,2-6,11,14-15H2,1H3,(H,27,32)(H,28,33). The van der Waals surface area contributed by atoms with Crippen molar-refractivity contribution >= 4 is 27.7 Å². The van der Waals surface area contributed by atoms with Gasteiger partial charge in [-0.2, -0.15) is 0 Å². The quantitative estimate of drug-likeness (QED) is 0.408. The molecule has 4 N–H and O–H groups in total. The van der Waals surface area contributed by atoms with Crippen molar-refractivity contribution in [3.63, 3.8) is 0 Å². The highest BCUT2D eigenvalue weighted by Crippen LogP contribution is 2.29. The van der Waals surface area contributed by atoms with Gasteiger partial charge in [-0.1, -0.05) is 19.3 Å². The summed E-state index contributed by atoms with van der Waals surface area (Å²) in [4.78, 5) is 38.3. The molecule has 2 aliphatic rings. The third-order valence-electron chi connectivity index (χ3n) is 6.90. The molecule has 1 aliphatic carbocycles. The number of nitrogens with one attached hydrogen (secondary N) is 2. The Morgan fingerprint density at radius 3 is 2.55 bits per heavy atom. The summed E-state index contributed by atoms with van der Waals surface area (Å²) in [6.45, 7) is -0.855. The first-order chi connectivity index (χ1) is 18.1. The third kappa shape index (κ3) is 5.85. The zero-order chi connectivity index (χ0) is 27.4. The fourth-order valence-corrected chi connectivity index (χ4v) is 6.27. The Morgan fingerprint density at radius 1 is 1.11 bits per heavy atom. The number of nitrogens with zero attached hydrogens (tertiary/aromatic N) is 1. The number of carbonyl (C=O) groups is 3. The Kier molecular flexibility index (Phi) is 8.10. The number of aromatic hydroxyl groups is 2. The maximum Gasteiger partial charge on any atom is 0.267 e. The van der Waals surface area contributed by atoms with E-state index >= 15 is 0 Å². The summed E-state index contributed by atoms with van der Waals surface area (Å²) >= 11 is 0. The highest BCUT2D eigenvalue weighted by molar-refractivity contribution is 7.89. The Morgan fingerprint density at radius 2 is 1.84 bits per heavy atom. The molecule has 0 radical (unpaired) electrons. The lowest BCUT2D eigenvalue weighted by molar-refractivity contribution is -0.131. The van der Waals surface area contributed by atoms with Gasteiger partial charge in [-0.3, -0.25) is 14.4 Å². The van der Waals surface area contributed by atoms with Gasteiger partial charge in [0.15, 0.2) is 0 Å². The first-order valence-electron chi connectivity index (χ1n) is 12.4. The van der Waals surface area contributed by atoms with Crippen LogP contribution in [0.4, 0.5) is 0 Å². The molecule has 38 heavy (non-hydrogen) atoms. The van der Waals surface area contributed by atoms with Crippen LogP contribution in [0, 0.1) is 5.92 Å². The molecule has 2 fully saturated rings. The van der Waals surface area contributed by atoms with E-state index in [0.29, 0.717) is 15.6 Å². The van der Waals surface area contributed by atoms with Crippen LogP contribution in [0.3, 0.4) is 0 Å². The number of sulfonamides is 1. The van der Waals surface area contributed by atoms with Crippen molar-refractivity contribution in [2.24, 2.45) is 5.92 Å². The number of hydrogen-bond acceptors (Lipinski definition) is 8. The largest absolute Gasteiger partial charge is 0.508 e. The molecule has 0 aromatic heterocycles. The summed E-state index contributed by atoms with van der Waals surface area (Å²) in [5.41, 5.74) is 0.232. The molecule has 1 unspecified atom stereocenters. The molecule has 0 spiro atoms. The van der Waals surface area contributed by atoms with Crippen molar-refractivity contribution in [3.05, 3.63) is 47.5 Å². The molecule has 1 saturated carbocycles. The highest BCUT2D eigenvalue weighted by atomic mass is 32.2. The van der Waals surface area contributed by atoms with E-state index in [0.717, 1.165) is 50.3 Å². The minimum Gasteiger partial charge on any atom is -0.508 e. The van der Waals surface area contributed by atoms with E-state index < -0.39 is 50.9 Å². The van der Waals surface area contributed by atoms with Gasteiger partial charge in [0, 0.05) is 12.6 Å². The lowest BCUT2D eigenvalue weighted by atomic mass is 9.95. The average Bonchev–Trinajstić information content (AvgIpc) is 3.03. The fourth-order valence-electron chi connectivity index (χ4n) is 4.84. The van der Waals surface area contributed by atoms with E-state index in [1.165, 1.54) is 25.3 Å². The summed E-state index contributed by atoms with van der Waals surface area (Å²) in [7, 11) is -3.14. The van der Waals surface area contributed by atoms with Gasteiger partial charge >= 0.3 is 0 Å². The zero-order valence-electron chi connectivity index (χ0n) is 21.0. The summed E-state index contributed by atoms with van der Waals surface area (Å²) in [6.07, 6.45) is 4.62. The normalized spacial score (nSPS) is 19.0. The third-order valence-corrected chi connectivity index (χ3v) is 8.64. The van der Waals surface area contributed by atoms with Crippen molar-refractivity contribution < 1.29 is 37.8 Å². The number of hydrogen-bond donors (Lipinski definition) is 4. The van der Waals surface area contributed by atoms with Crippen LogP contribution in [0.2, 0.25) is 0 Å². The average molecular weight is 546 g/mol. The van der Waals surface area contributed by atoms with Crippen LogP contribution in [0.15, 0.2) is 41.3 Å². The van der Waals surface area contributed by atoms with Crippen LogP contribution in [-0.2, 0) is 26.0 Å². The van der Waals surface area contributed by atoms with Gasteiger partial charge in [0.25, 0.3) is 15.9 Å². The molecule has 204 valence electrons. The van der Waals surface area contributed by atoms with E-state index in [1.807, 2.05) is 0 Å². The first kappa shape index (κ1) is 27.2. The molecule has 4 rings (SSSR count). The first-order valence-corrected chi connectivity index (χ1v) is 13.9. The number of phenols is 2. The Bertz CT molecular complexity index is 1340. The number of benzene rings is 2. The second kappa shape index (κ2) is 11.3. The van der Waals surface area contributed by atoms with Crippen molar-refractivity contribution in [2.75, 3.05) is 20.2 Å². The number of rotatable bonds is 7. The Labute approximate surface area is 220 Å². The summed E-state index contributed by atoms with van der Waals surface area (Å²) < 4.78 is 33.0. The molecule has 1 heterocycles. The summed E-state index contributed by atoms with van der Waals surface area (Å²) in [5, 5.41) is 25.6. The highest BCUT2D eigenvalue weighted by Gasteiger charge is 2.39. The smallest absolute Gasteiger partial charge is 0.267 e. The van der Waals surface area contributed by atoms with Gasteiger partial charge in [-0.05, 0) is 61.2 Å². The van der Waals surface area contributed by atoms with Crippen LogP contribution in [0.1, 0.15) is 48.0 Å². The molecule has 1 saturated heterocycles. The lowest BCUT2D eigenvalue weighted by Crippen LogP contribution is -2.42. The predicted molar refractivity (Wildman–Crippen MR) is 136 cm³/mol. The molecular weight excluding hydrogens is 514 g/mol. The van der Waals surface area contributed by atoms with Crippen molar-refractivity contribution in [2.45, 2.75) is 49.5 Å². The van der Waals surface area contributed by atoms with Crippen LogP contribution in [0.5, 0.6) is 17.2 Å². The fraction of sp³-hybridized carbons (Fsp3) is 0.423. The Balaban J connectivity index is 1.62. The monoisotopic (exact) mass is 545 g/mol. The van der Waals surface area contributed by atoms with Crippen molar-refractivity contribution in [3.8, 4) is 17.2 Å². The molecule has 11 nitrogen and oxygen atoms in total. The van der Waals surface area contributed by atoms with Crippen LogP contribution in [0.25, 0.3) is 0 Å². The van der Waals surface area contributed by atoms with E-state index in [2.05, 4.69) is 10.6 Å². The van der Waals surface area contributed by atoms with Gasteiger partial charge in [-0.15, -0.1) is 0 Å². The Hall–Kier alpha value is -3.80.